The number of aromatic nitrogens is 2. The molecule has 25 heavy (non-hydrogen) atoms. The fourth-order valence-electron chi connectivity index (χ4n) is 4.01. The Kier molecular flexibility index (Phi) is 3.57. The van der Waals surface area contributed by atoms with Gasteiger partial charge in [0.05, 0.1) is 5.69 Å². The van der Waals surface area contributed by atoms with Gasteiger partial charge in [0.15, 0.2) is 0 Å². The lowest BCUT2D eigenvalue weighted by Crippen LogP contribution is -2.09. The summed E-state index contributed by atoms with van der Waals surface area (Å²) in [6, 6.07) is 11.4. The maximum Gasteiger partial charge on any atom is 0.144 e. The van der Waals surface area contributed by atoms with Crippen LogP contribution in [-0.2, 0) is 5.41 Å². The molecule has 0 bridgehead atoms. The van der Waals surface area contributed by atoms with Crippen molar-refractivity contribution in [1.29, 1.82) is 0 Å². The third-order valence-corrected chi connectivity index (χ3v) is 5.82. The lowest BCUT2D eigenvalue weighted by molar-refractivity contribution is 0.616. The van der Waals surface area contributed by atoms with Crippen LogP contribution in [0.3, 0.4) is 0 Å². The van der Waals surface area contributed by atoms with Crippen molar-refractivity contribution < 1.29 is 4.39 Å². The molecule has 3 heteroatoms. The molecule has 4 rings (SSSR count). The van der Waals surface area contributed by atoms with Crippen molar-refractivity contribution in [3.05, 3.63) is 71.3 Å². The molecule has 1 fully saturated rings. The van der Waals surface area contributed by atoms with Crippen LogP contribution >= 0.6 is 0 Å². The summed E-state index contributed by atoms with van der Waals surface area (Å²) in [7, 11) is 0. The number of imidazole rings is 1. The summed E-state index contributed by atoms with van der Waals surface area (Å²) < 4.78 is 16.1. The largest absolute Gasteiger partial charge is 0.299 e. The van der Waals surface area contributed by atoms with Crippen molar-refractivity contribution in [2.45, 2.75) is 39.5 Å². The maximum atomic E-state index is 14.0. The molecule has 1 saturated carbocycles. The molecular weight excluding hydrogens is 311 g/mol. The van der Waals surface area contributed by atoms with E-state index in [1.165, 1.54) is 11.1 Å². The number of halogens is 1. The van der Waals surface area contributed by atoms with Gasteiger partial charge in [-0.1, -0.05) is 32.0 Å². The minimum absolute atomic E-state index is 0.0367. The standard InChI is InChI=1S/C22H23FN2/c1-14-6-5-7-15(2)20(14)25-11-10-24-21(25)18-9-8-17(23)12-19(18)22(4)13-16(22)3/h5-12,16H,13H2,1-4H3/t16-,22?/m1/s1. The summed E-state index contributed by atoms with van der Waals surface area (Å²) >= 11 is 0. The Morgan fingerprint density at radius 2 is 1.84 bits per heavy atom. The van der Waals surface area contributed by atoms with Gasteiger partial charge in [-0.05, 0) is 66.5 Å². The van der Waals surface area contributed by atoms with Gasteiger partial charge in [0.1, 0.15) is 11.6 Å². The van der Waals surface area contributed by atoms with E-state index >= 15 is 0 Å². The lowest BCUT2D eigenvalue weighted by atomic mass is 9.90. The molecule has 2 nitrogen and oxygen atoms in total. The number of aryl methyl sites for hydroxylation is 2. The van der Waals surface area contributed by atoms with E-state index < -0.39 is 0 Å². The number of hydrogen-bond donors (Lipinski definition) is 0. The molecular formula is C22H23FN2. The van der Waals surface area contributed by atoms with Gasteiger partial charge in [-0.3, -0.25) is 4.57 Å². The van der Waals surface area contributed by atoms with E-state index in [4.69, 9.17) is 0 Å². The van der Waals surface area contributed by atoms with E-state index in [0.29, 0.717) is 5.92 Å². The van der Waals surface area contributed by atoms with Crippen LogP contribution in [0.2, 0.25) is 0 Å². The summed E-state index contributed by atoms with van der Waals surface area (Å²) in [4.78, 5) is 4.64. The zero-order valence-corrected chi connectivity index (χ0v) is 15.2. The maximum absolute atomic E-state index is 14.0. The van der Waals surface area contributed by atoms with Crippen molar-refractivity contribution in [2.75, 3.05) is 0 Å². The van der Waals surface area contributed by atoms with Gasteiger partial charge in [-0.2, -0.15) is 0 Å². The van der Waals surface area contributed by atoms with E-state index in [0.717, 1.165) is 29.1 Å². The SMILES string of the molecule is Cc1cccc(C)c1-n1ccnc1-c1ccc(F)cc1C1(C)C[C@H]1C. The zero-order chi connectivity index (χ0) is 17.8. The van der Waals surface area contributed by atoms with Crippen LogP contribution in [-0.4, -0.2) is 9.55 Å². The predicted octanol–water partition coefficient (Wildman–Crippen LogP) is 5.59. The van der Waals surface area contributed by atoms with Crippen LogP contribution in [0.15, 0.2) is 48.8 Å². The molecule has 0 amide bonds. The zero-order valence-electron chi connectivity index (χ0n) is 15.2. The smallest absolute Gasteiger partial charge is 0.144 e. The summed E-state index contributed by atoms with van der Waals surface area (Å²) in [5, 5.41) is 0. The Balaban J connectivity index is 1.93. The van der Waals surface area contributed by atoms with Gasteiger partial charge in [-0.15, -0.1) is 0 Å². The molecule has 1 unspecified atom stereocenters. The predicted molar refractivity (Wildman–Crippen MR) is 99.6 cm³/mol. The van der Waals surface area contributed by atoms with Crippen molar-refractivity contribution in [3.8, 4) is 17.1 Å². The first kappa shape index (κ1) is 16.1. The van der Waals surface area contributed by atoms with Crippen LogP contribution in [0.1, 0.15) is 37.0 Å². The molecule has 128 valence electrons. The molecule has 0 N–H and O–H groups in total. The lowest BCUT2D eigenvalue weighted by Gasteiger charge is -2.19. The molecule has 2 aromatic carbocycles. The van der Waals surface area contributed by atoms with Crippen molar-refractivity contribution in [2.24, 2.45) is 5.92 Å². The summed E-state index contributed by atoms with van der Waals surface area (Å²) in [6.45, 7) is 8.68. The summed E-state index contributed by atoms with van der Waals surface area (Å²) in [6.07, 6.45) is 4.91. The molecule has 1 aromatic heterocycles. The van der Waals surface area contributed by atoms with Gasteiger partial charge in [0, 0.05) is 18.0 Å². The highest BCUT2D eigenvalue weighted by Crippen LogP contribution is 2.55. The molecule has 1 aliphatic carbocycles. The Bertz CT molecular complexity index is 936. The van der Waals surface area contributed by atoms with E-state index in [1.54, 1.807) is 12.1 Å². The van der Waals surface area contributed by atoms with Gasteiger partial charge >= 0.3 is 0 Å². The van der Waals surface area contributed by atoms with E-state index in [1.807, 2.05) is 18.5 Å². The highest BCUT2D eigenvalue weighted by molar-refractivity contribution is 5.67. The first-order valence-corrected chi connectivity index (χ1v) is 8.82. The number of benzene rings is 2. The minimum atomic E-state index is -0.177. The minimum Gasteiger partial charge on any atom is -0.299 e. The molecule has 3 aromatic rings. The summed E-state index contributed by atoms with van der Waals surface area (Å²) in [5.41, 5.74) is 5.69. The fourth-order valence-corrected chi connectivity index (χ4v) is 4.01. The Morgan fingerprint density at radius 3 is 2.48 bits per heavy atom. The highest BCUT2D eigenvalue weighted by atomic mass is 19.1. The van der Waals surface area contributed by atoms with Crippen LogP contribution in [0.5, 0.6) is 0 Å². The van der Waals surface area contributed by atoms with Crippen molar-refractivity contribution in [1.82, 2.24) is 9.55 Å². The Labute approximate surface area is 148 Å². The van der Waals surface area contributed by atoms with Gasteiger partial charge in [-0.25, -0.2) is 9.37 Å². The molecule has 1 aliphatic rings. The highest BCUT2D eigenvalue weighted by Gasteiger charge is 2.49. The summed E-state index contributed by atoms with van der Waals surface area (Å²) in [5.74, 6) is 1.27. The molecule has 1 heterocycles. The first-order valence-electron chi connectivity index (χ1n) is 8.82. The van der Waals surface area contributed by atoms with E-state index in [2.05, 4.69) is 55.4 Å². The number of para-hydroxylation sites is 1. The molecule has 0 spiro atoms. The Morgan fingerprint density at radius 1 is 1.16 bits per heavy atom. The van der Waals surface area contributed by atoms with Crippen LogP contribution in [0.4, 0.5) is 4.39 Å². The molecule has 0 aliphatic heterocycles. The topological polar surface area (TPSA) is 17.8 Å². The van der Waals surface area contributed by atoms with E-state index in [-0.39, 0.29) is 11.2 Å². The molecule has 2 atom stereocenters. The monoisotopic (exact) mass is 334 g/mol. The van der Waals surface area contributed by atoms with Crippen LogP contribution in [0, 0.1) is 25.6 Å². The normalized spacial score (nSPS) is 22.2. The van der Waals surface area contributed by atoms with Gasteiger partial charge in [0.2, 0.25) is 0 Å². The quantitative estimate of drug-likeness (QED) is 0.610. The van der Waals surface area contributed by atoms with E-state index in [9.17, 15) is 4.39 Å². The fraction of sp³-hybridized carbons (Fsp3) is 0.318. The van der Waals surface area contributed by atoms with Crippen molar-refractivity contribution in [3.63, 3.8) is 0 Å². The third kappa shape index (κ3) is 2.50. The van der Waals surface area contributed by atoms with Gasteiger partial charge < -0.3 is 0 Å². The third-order valence-electron chi connectivity index (χ3n) is 5.82. The molecule has 0 saturated heterocycles. The van der Waals surface area contributed by atoms with Crippen molar-refractivity contribution >= 4 is 0 Å². The Hall–Kier alpha value is -2.42. The second kappa shape index (κ2) is 5.55. The number of rotatable bonds is 3. The van der Waals surface area contributed by atoms with Crippen LogP contribution in [0.25, 0.3) is 17.1 Å². The number of nitrogens with zero attached hydrogens (tertiary/aromatic N) is 2. The first-order chi connectivity index (χ1) is 11.9. The molecule has 0 radical (unpaired) electrons. The second-order valence-corrected chi connectivity index (χ2v) is 7.57. The van der Waals surface area contributed by atoms with Crippen LogP contribution < -0.4 is 0 Å². The van der Waals surface area contributed by atoms with Gasteiger partial charge in [0.25, 0.3) is 0 Å². The second-order valence-electron chi connectivity index (χ2n) is 7.57. The average Bonchev–Trinajstić information content (AvgIpc) is 2.96. The average molecular weight is 334 g/mol. The number of hydrogen-bond acceptors (Lipinski definition) is 1.